The summed E-state index contributed by atoms with van der Waals surface area (Å²) in [7, 11) is 0. The molecule has 1 aliphatic rings. The molecule has 2 amide bonds. The molecule has 0 aromatic rings. The number of hydrogen-bond donors (Lipinski definition) is 3. The Balaban J connectivity index is 2.41. The van der Waals surface area contributed by atoms with Crippen LogP contribution in [0.1, 0.15) is 19.3 Å². The molecule has 0 aromatic carbocycles. The number of amides is 2. The summed E-state index contributed by atoms with van der Waals surface area (Å²) in [4.78, 5) is 22.4. The third-order valence-corrected chi connectivity index (χ3v) is 2.53. The van der Waals surface area contributed by atoms with Gasteiger partial charge in [-0.25, -0.2) is 0 Å². The molecule has 3 N–H and O–H groups in total. The van der Waals surface area contributed by atoms with E-state index in [1.807, 2.05) is 0 Å². The smallest absolute Gasteiger partial charge is 0.310 e. The normalized spacial score (nSPS) is 17.1. The van der Waals surface area contributed by atoms with Crippen LogP contribution in [0.5, 0.6) is 0 Å². The zero-order chi connectivity index (χ0) is 11.3. The Hall–Kier alpha value is -1.61. The van der Waals surface area contributed by atoms with Gasteiger partial charge < -0.3 is 15.7 Å². The fraction of sp³-hybridized carbons (Fsp3) is 0.667. The van der Waals surface area contributed by atoms with Gasteiger partial charge in [0.05, 0.1) is 18.2 Å². The van der Waals surface area contributed by atoms with E-state index in [1.54, 1.807) is 6.07 Å². The average molecular weight is 211 g/mol. The molecule has 82 valence electrons. The molecule has 6 heteroatoms. The van der Waals surface area contributed by atoms with Gasteiger partial charge in [0.1, 0.15) is 6.54 Å². The van der Waals surface area contributed by atoms with Crippen molar-refractivity contribution in [2.24, 2.45) is 0 Å². The molecule has 15 heavy (non-hydrogen) atoms. The van der Waals surface area contributed by atoms with E-state index in [4.69, 9.17) is 10.4 Å². The number of aliphatic hydroxyl groups excluding tert-OH is 1. The van der Waals surface area contributed by atoms with Crippen LogP contribution in [0.3, 0.4) is 0 Å². The van der Waals surface area contributed by atoms with Crippen LogP contribution in [0.15, 0.2) is 0 Å². The van der Waals surface area contributed by atoms with E-state index in [2.05, 4.69) is 10.6 Å². The van der Waals surface area contributed by atoms with Crippen molar-refractivity contribution in [2.75, 3.05) is 13.2 Å². The molecule has 0 bridgehead atoms. The van der Waals surface area contributed by atoms with Crippen molar-refractivity contribution in [3.8, 4) is 6.07 Å². The van der Waals surface area contributed by atoms with Crippen LogP contribution in [0.2, 0.25) is 0 Å². The highest BCUT2D eigenvalue weighted by atomic mass is 16.3. The number of nitriles is 1. The lowest BCUT2D eigenvalue weighted by atomic mass is 9.77. The first-order chi connectivity index (χ1) is 7.13. The third-order valence-electron chi connectivity index (χ3n) is 2.53. The average Bonchev–Trinajstić information content (AvgIpc) is 2.19. The van der Waals surface area contributed by atoms with Gasteiger partial charge in [-0.05, 0) is 19.3 Å². The number of hydrogen-bond acceptors (Lipinski definition) is 4. The standard InChI is InChI=1S/C9H13N3O3/c10-4-5-11-7(14)8(15)12-9(6-13)2-1-3-9/h13H,1-3,5-6H2,(H,11,14)(H,12,15). The first-order valence-corrected chi connectivity index (χ1v) is 4.72. The summed E-state index contributed by atoms with van der Waals surface area (Å²) in [5.41, 5.74) is -0.624. The van der Waals surface area contributed by atoms with E-state index in [0.717, 1.165) is 6.42 Å². The molecule has 1 saturated carbocycles. The predicted octanol–water partition coefficient (Wildman–Crippen LogP) is -1.34. The van der Waals surface area contributed by atoms with E-state index in [1.165, 1.54) is 0 Å². The van der Waals surface area contributed by atoms with Gasteiger partial charge >= 0.3 is 11.8 Å². The molecule has 6 nitrogen and oxygen atoms in total. The third kappa shape index (κ3) is 2.67. The molecule has 1 fully saturated rings. The van der Waals surface area contributed by atoms with E-state index < -0.39 is 17.4 Å². The molecule has 0 radical (unpaired) electrons. The van der Waals surface area contributed by atoms with E-state index in [0.29, 0.717) is 12.8 Å². The second-order valence-corrected chi connectivity index (χ2v) is 3.59. The Kier molecular flexibility index (Phi) is 3.63. The van der Waals surface area contributed by atoms with E-state index in [9.17, 15) is 9.59 Å². The van der Waals surface area contributed by atoms with Gasteiger partial charge in [-0.15, -0.1) is 0 Å². The molecule has 0 atom stereocenters. The van der Waals surface area contributed by atoms with Crippen molar-refractivity contribution in [3.05, 3.63) is 0 Å². The van der Waals surface area contributed by atoms with Crippen molar-refractivity contribution in [2.45, 2.75) is 24.8 Å². The Morgan fingerprint density at radius 1 is 1.40 bits per heavy atom. The molecule has 0 unspecified atom stereocenters. The van der Waals surface area contributed by atoms with Crippen molar-refractivity contribution in [3.63, 3.8) is 0 Å². The van der Waals surface area contributed by atoms with Crippen LogP contribution in [0, 0.1) is 11.3 Å². The summed E-state index contributed by atoms with van der Waals surface area (Å²) in [6, 6.07) is 1.70. The van der Waals surface area contributed by atoms with Gasteiger partial charge in [0.2, 0.25) is 0 Å². The van der Waals surface area contributed by atoms with Crippen LogP contribution >= 0.6 is 0 Å². The van der Waals surface area contributed by atoms with Crippen molar-refractivity contribution in [1.29, 1.82) is 5.26 Å². The van der Waals surface area contributed by atoms with Gasteiger partial charge in [-0.2, -0.15) is 5.26 Å². The first kappa shape index (κ1) is 11.5. The van der Waals surface area contributed by atoms with Crippen LogP contribution in [-0.4, -0.2) is 35.6 Å². The fourth-order valence-electron chi connectivity index (χ4n) is 1.42. The molecule has 0 spiro atoms. The lowest BCUT2D eigenvalue weighted by molar-refractivity contribution is -0.141. The van der Waals surface area contributed by atoms with Gasteiger partial charge in [0, 0.05) is 0 Å². The highest BCUT2D eigenvalue weighted by Gasteiger charge is 2.38. The second-order valence-electron chi connectivity index (χ2n) is 3.59. The number of nitrogens with zero attached hydrogens (tertiary/aromatic N) is 1. The Morgan fingerprint density at radius 2 is 2.07 bits per heavy atom. The highest BCUT2D eigenvalue weighted by Crippen LogP contribution is 2.30. The maximum atomic E-state index is 11.3. The minimum absolute atomic E-state index is 0.162. The maximum absolute atomic E-state index is 11.3. The summed E-state index contributed by atoms with van der Waals surface area (Å²) in [6.07, 6.45) is 2.29. The monoisotopic (exact) mass is 211 g/mol. The summed E-state index contributed by atoms with van der Waals surface area (Å²) in [6.45, 7) is -0.358. The summed E-state index contributed by atoms with van der Waals surface area (Å²) < 4.78 is 0. The van der Waals surface area contributed by atoms with Crippen LogP contribution in [0.4, 0.5) is 0 Å². The molecule has 0 aromatic heterocycles. The number of aliphatic hydroxyl groups is 1. The number of nitrogens with one attached hydrogen (secondary N) is 2. The molecular weight excluding hydrogens is 198 g/mol. The lowest BCUT2D eigenvalue weighted by Crippen LogP contribution is -2.59. The zero-order valence-corrected chi connectivity index (χ0v) is 8.25. The fourth-order valence-corrected chi connectivity index (χ4v) is 1.42. The maximum Gasteiger partial charge on any atom is 0.310 e. The van der Waals surface area contributed by atoms with Crippen LogP contribution in [-0.2, 0) is 9.59 Å². The predicted molar refractivity (Wildman–Crippen MR) is 50.4 cm³/mol. The number of carbonyl (C=O) groups is 2. The lowest BCUT2D eigenvalue weighted by Gasteiger charge is -2.40. The first-order valence-electron chi connectivity index (χ1n) is 4.72. The minimum Gasteiger partial charge on any atom is -0.394 e. The quantitative estimate of drug-likeness (QED) is 0.397. The van der Waals surface area contributed by atoms with Gasteiger partial charge in [-0.3, -0.25) is 9.59 Å². The van der Waals surface area contributed by atoms with E-state index >= 15 is 0 Å². The van der Waals surface area contributed by atoms with Gasteiger partial charge in [0.25, 0.3) is 0 Å². The molecule has 1 aliphatic carbocycles. The Labute approximate surface area is 87.3 Å². The highest BCUT2D eigenvalue weighted by molar-refractivity contribution is 6.35. The Morgan fingerprint density at radius 3 is 2.47 bits per heavy atom. The Bertz CT molecular complexity index is 299. The second kappa shape index (κ2) is 4.75. The van der Waals surface area contributed by atoms with Crippen molar-refractivity contribution < 1.29 is 14.7 Å². The zero-order valence-electron chi connectivity index (χ0n) is 8.25. The van der Waals surface area contributed by atoms with E-state index in [-0.39, 0.29) is 13.2 Å². The SMILES string of the molecule is N#CCNC(=O)C(=O)NC1(CO)CCC1. The summed E-state index contributed by atoms with van der Waals surface area (Å²) >= 11 is 0. The topological polar surface area (TPSA) is 102 Å². The van der Waals surface area contributed by atoms with Crippen LogP contribution < -0.4 is 10.6 Å². The molecule has 0 heterocycles. The summed E-state index contributed by atoms with van der Waals surface area (Å²) in [5, 5.41) is 21.9. The minimum atomic E-state index is -0.837. The summed E-state index contributed by atoms with van der Waals surface area (Å²) in [5.74, 6) is -1.63. The molecular formula is C9H13N3O3. The molecule has 1 rings (SSSR count). The number of rotatable bonds is 3. The van der Waals surface area contributed by atoms with Crippen LogP contribution in [0.25, 0.3) is 0 Å². The number of carbonyl (C=O) groups excluding carboxylic acids is 2. The van der Waals surface area contributed by atoms with Crippen molar-refractivity contribution in [1.82, 2.24) is 10.6 Å². The van der Waals surface area contributed by atoms with Crippen molar-refractivity contribution >= 4 is 11.8 Å². The van der Waals surface area contributed by atoms with Gasteiger partial charge in [0.15, 0.2) is 0 Å². The molecule has 0 saturated heterocycles. The van der Waals surface area contributed by atoms with Gasteiger partial charge in [-0.1, -0.05) is 0 Å². The molecule has 0 aliphatic heterocycles. The largest absolute Gasteiger partial charge is 0.394 e.